The molecule has 164 valence electrons. The van der Waals surface area contributed by atoms with Gasteiger partial charge in [0.05, 0.1) is 5.60 Å². The smallest absolute Gasteiger partial charge is 0.243 e. The van der Waals surface area contributed by atoms with Crippen LogP contribution in [0.4, 0.5) is 0 Å². The molecule has 1 aliphatic heterocycles. The number of carbonyl (C=O) groups is 1. The van der Waals surface area contributed by atoms with E-state index in [4.69, 9.17) is 9.47 Å². The van der Waals surface area contributed by atoms with Crippen LogP contribution >= 0.6 is 35.7 Å². The van der Waals surface area contributed by atoms with Crippen LogP contribution in [0, 0.1) is 0 Å². The van der Waals surface area contributed by atoms with E-state index < -0.39 is 0 Å². The molecule has 0 saturated carbocycles. The minimum Gasteiger partial charge on any atom is -0.381 e. The molecule has 2 rings (SSSR count). The predicted octanol–water partition coefficient (Wildman–Crippen LogP) is 2.22. The van der Waals surface area contributed by atoms with E-state index in [1.807, 2.05) is 18.2 Å². The van der Waals surface area contributed by atoms with Crippen LogP contribution in [-0.2, 0) is 14.3 Å². The van der Waals surface area contributed by atoms with E-state index in [2.05, 4.69) is 27.8 Å². The summed E-state index contributed by atoms with van der Waals surface area (Å²) in [5.41, 5.74) is -0.259. The van der Waals surface area contributed by atoms with Crippen molar-refractivity contribution in [3.05, 3.63) is 30.3 Å². The monoisotopic (exact) mass is 536 g/mol. The number of methoxy groups -OCH3 is 1. The zero-order chi connectivity index (χ0) is 20.2. The van der Waals surface area contributed by atoms with Crippen LogP contribution in [0.2, 0.25) is 0 Å². The van der Waals surface area contributed by atoms with Gasteiger partial charge in [-0.1, -0.05) is 18.2 Å². The first kappa shape index (κ1) is 26.0. The van der Waals surface area contributed by atoms with Crippen molar-refractivity contribution >= 4 is 47.6 Å². The van der Waals surface area contributed by atoms with Crippen molar-refractivity contribution in [2.24, 2.45) is 4.99 Å². The summed E-state index contributed by atoms with van der Waals surface area (Å²) in [5, 5.41) is 6.68. The molecule has 1 aliphatic rings. The van der Waals surface area contributed by atoms with E-state index in [0.717, 1.165) is 25.1 Å². The van der Waals surface area contributed by atoms with Gasteiger partial charge in [-0.05, 0) is 12.1 Å². The molecule has 0 bridgehead atoms. The first-order chi connectivity index (χ1) is 13.5. The number of aliphatic imine (C=N–C) groups is 1. The second-order valence-electron chi connectivity index (χ2n) is 6.89. The number of benzene rings is 1. The Balaban J connectivity index is 0.00000420. The van der Waals surface area contributed by atoms with Crippen molar-refractivity contribution in [3.63, 3.8) is 0 Å². The van der Waals surface area contributed by atoms with Gasteiger partial charge >= 0.3 is 0 Å². The maximum Gasteiger partial charge on any atom is 0.243 e. The molecular formula is C20H33IN4O3S. The fourth-order valence-corrected chi connectivity index (χ4v) is 3.55. The maximum absolute atomic E-state index is 11.9. The molecule has 1 heterocycles. The molecule has 1 aromatic rings. The molecule has 1 saturated heterocycles. The number of thioether (sulfide) groups is 1. The molecule has 2 N–H and O–H groups in total. The van der Waals surface area contributed by atoms with E-state index in [-0.39, 0.29) is 42.0 Å². The molecule has 0 atom stereocenters. The first-order valence-electron chi connectivity index (χ1n) is 9.58. The van der Waals surface area contributed by atoms with Crippen molar-refractivity contribution in [3.8, 4) is 0 Å². The lowest BCUT2D eigenvalue weighted by Gasteiger charge is -2.36. The van der Waals surface area contributed by atoms with Gasteiger partial charge in [0.2, 0.25) is 5.91 Å². The largest absolute Gasteiger partial charge is 0.381 e. The number of hydrogen-bond acceptors (Lipinski definition) is 5. The Labute approximate surface area is 195 Å². The van der Waals surface area contributed by atoms with Gasteiger partial charge in [0.1, 0.15) is 6.54 Å². The van der Waals surface area contributed by atoms with Gasteiger partial charge in [0, 0.05) is 71.0 Å². The summed E-state index contributed by atoms with van der Waals surface area (Å²) >= 11 is 1.78. The molecule has 9 heteroatoms. The number of carbonyl (C=O) groups excluding carboxylic acids is 1. The van der Waals surface area contributed by atoms with Crippen LogP contribution in [0.1, 0.15) is 12.8 Å². The van der Waals surface area contributed by atoms with Gasteiger partial charge in [-0.3, -0.25) is 4.79 Å². The van der Waals surface area contributed by atoms with Gasteiger partial charge in [0.25, 0.3) is 0 Å². The molecule has 1 amide bonds. The first-order valence-corrected chi connectivity index (χ1v) is 10.6. The summed E-state index contributed by atoms with van der Waals surface area (Å²) in [5.74, 6) is 1.49. The highest BCUT2D eigenvalue weighted by Crippen LogP contribution is 2.23. The Morgan fingerprint density at radius 3 is 2.55 bits per heavy atom. The number of halogens is 1. The number of likely N-dealkylation sites (N-methyl/N-ethyl adjacent to an activating group) is 1. The molecule has 0 aliphatic carbocycles. The molecular weight excluding hydrogens is 503 g/mol. The molecule has 29 heavy (non-hydrogen) atoms. The fourth-order valence-electron chi connectivity index (χ4n) is 2.76. The Morgan fingerprint density at radius 1 is 1.24 bits per heavy atom. The average Bonchev–Trinajstić information content (AvgIpc) is 2.73. The Morgan fingerprint density at radius 2 is 1.93 bits per heavy atom. The van der Waals surface area contributed by atoms with Gasteiger partial charge in [-0.25, -0.2) is 4.99 Å². The van der Waals surface area contributed by atoms with Crippen molar-refractivity contribution in [2.45, 2.75) is 23.3 Å². The molecule has 0 aromatic heterocycles. The molecule has 0 spiro atoms. The lowest BCUT2D eigenvalue weighted by Crippen LogP contribution is -2.51. The Hall–Kier alpha value is -1.04. The van der Waals surface area contributed by atoms with E-state index in [1.54, 1.807) is 37.9 Å². The maximum atomic E-state index is 11.9. The lowest BCUT2D eigenvalue weighted by atomic mass is 9.94. The van der Waals surface area contributed by atoms with Gasteiger partial charge < -0.3 is 25.0 Å². The second kappa shape index (κ2) is 14.1. The number of hydrogen-bond donors (Lipinski definition) is 2. The number of rotatable bonds is 9. The standard InChI is InChI=1S/C20H32N4O3S.HI/c1-24(2)18(25)15-22-19(21-11-14-28-17-7-5-4-6-8-17)23-16-20(26-3)9-12-27-13-10-20;/h4-8H,9-16H2,1-3H3,(H2,21,22,23);1H. The van der Waals surface area contributed by atoms with Gasteiger partial charge in [-0.2, -0.15) is 0 Å². The van der Waals surface area contributed by atoms with Gasteiger partial charge in [0.15, 0.2) is 5.96 Å². The second-order valence-corrected chi connectivity index (χ2v) is 8.06. The van der Waals surface area contributed by atoms with E-state index in [0.29, 0.717) is 25.7 Å². The van der Waals surface area contributed by atoms with Crippen LogP contribution < -0.4 is 10.6 Å². The number of ether oxygens (including phenoxy) is 2. The number of nitrogens with zero attached hydrogens (tertiary/aromatic N) is 2. The highest BCUT2D eigenvalue weighted by molar-refractivity contribution is 14.0. The average molecular weight is 536 g/mol. The fraction of sp³-hybridized carbons (Fsp3) is 0.600. The number of nitrogens with one attached hydrogen (secondary N) is 2. The number of amides is 1. The predicted molar refractivity (Wildman–Crippen MR) is 129 cm³/mol. The minimum atomic E-state index is -0.259. The summed E-state index contributed by atoms with van der Waals surface area (Å²) in [7, 11) is 5.21. The zero-order valence-corrected chi connectivity index (χ0v) is 20.6. The Bertz CT molecular complexity index is 625. The van der Waals surface area contributed by atoms with Crippen LogP contribution in [0.25, 0.3) is 0 Å². The van der Waals surface area contributed by atoms with Crippen molar-refractivity contribution in [1.82, 2.24) is 15.5 Å². The summed E-state index contributed by atoms with van der Waals surface area (Å²) in [6.07, 6.45) is 1.68. The highest BCUT2D eigenvalue weighted by Gasteiger charge is 2.32. The van der Waals surface area contributed by atoms with Crippen molar-refractivity contribution < 1.29 is 14.3 Å². The summed E-state index contributed by atoms with van der Waals surface area (Å²) in [6.45, 7) is 2.87. The number of guanidine groups is 1. The highest BCUT2D eigenvalue weighted by atomic mass is 127. The zero-order valence-electron chi connectivity index (χ0n) is 17.5. The summed E-state index contributed by atoms with van der Waals surface area (Å²) in [4.78, 5) is 19.1. The van der Waals surface area contributed by atoms with Crippen molar-refractivity contribution in [2.75, 3.05) is 59.8 Å². The normalized spacial score (nSPS) is 15.9. The third kappa shape index (κ3) is 9.54. The van der Waals surface area contributed by atoms with E-state index in [9.17, 15) is 4.79 Å². The summed E-state index contributed by atoms with van der Waals surface area (Å²) < 4.78 is 11.2. The minimum absolute atomic E-state index is 0. The third-order valence-electron chi connectivity index (χ3n) is 4.69. The van der Waals surface area contributed by atoms with Crippen LogP contribution in [0.15, 0.2) is 40.2 Å². The molecule has 7 nitrogen and oxygen atoms in total. The van der Waals surface area contributed by atoms with Gasteiger partial charge in [-0.15, -0.1) is 35.7 Å². The Kier molecular flexibility index (Phi) is 12.6. The summed E-state index contributed by atoms with van der Waals surface area (Å²) in [6, 6.07) is 10.3. The van der Waals surface area contributed by atoms with E-state index in [1.165, 1.54) is 4.90 Å². The van der Waals surface area contributed by atoms with Crippen LogP contribution in [0.5, 0.6) is 0 Å². The third-order valence-corrected chi connectivity index (χ3v) is 5.71. The van der Waals surface area contributed by atoms with Crippen LogP contribution in [0.3, 0.4) is 0 Å². The molecule has 0 radical (unpaired) electrons. The quantitative estimate of drug-likeness (QED) is 0.166. The molecule has 1 fully saturated rings. The molecule has 0 unspecified atom stereocenters. The topological polar surface area (TPSA) is 75.2 Å². The van der Waals surface area contributed by atoms with Crippen LogP contribution in [-0.4, -0.2) is 82.2 Å². The van der Waals surface area contributed by atoms with E-state index >= 15 is 0 Å². The lowest BCUT2D eigenvalue weighted by molar-refractivity contribution is -0.127. The SMILES string of the molecule is COC1(CNC(=NCC(=O)N(C)C)NCCSc2ccccc2)CCOCC1.I. The molecule has 1 aromatic carbocycles. The van der Waals surface area contributed by atoms with Crippen molar-refractivity contribution in [1.29, 1.82) is 0 Å².